The van der Waals surface area contributed by atoms with Crippen molar-refractivity contribution in [3.63, 3.8) is 0 Å². The molecule has 0 aliphatic heterocycles. The molecule has 4 aromatic heterocycles. The summed E-state index contributed by atoms with van der Waals surface area (Å²) in [6.07, 6.45) is 5.01. The topological polar surface area (TPSA) is 98.5 Å². The molecule has 0 radical (unpaired) electrons. The SMILES string of the molecule is CSc1n[nH]c(-n2ccc3nc4ccn(-c5cc(Cl)cc(Cl)c5)c(=O)c4cc3c2=O)n1. The molecule has 1 aromatic carbocycles. The van der Waals surface area contributed by atoms with Crippen LogP contribution < -0.4 is 11.1 Å². The highest BCUT2D eigenvalue weighted by molar-refractivity contribution is 7.98. The van der Waals surface area contributed by atoms with Crippen LogP contribution in [0.1, 0.15) is 0 Å². The number of benzene rings is 1. The van der Waals surface area contributed by atoms with Crippen molar-refractivity contribution in [2.75, 3.05) is 6.26 Å². The zero-order chi connectivity index (χ0) is 21.7. The number of aromatic nitrogens is 6. The highest BCUT2D eigenvalue weighted by Gasteiger charge is 2.13. The standard InChI is InChI=1S/C20H12Cl2N6O2S/c1-31-20-24-19(25-26-20)28-5-3-16-14(18(28)30)9-13-15(23-16)2-4-27(17(13)29)12-7-10(21)6-11(22)8-12/h2-9H,1H3,(H,24,25,26). The number of thioether (sulfide) groups is 1. The first-order valence-corrected chi connectivity index (χ1v) is 10.9. The molecule has 0 saturated carbocycles. The Morgan fingerprint density at radius 2 is 1.48 bits per heavy atom. The van der Waals surface area contributed by atoms with Crippen LogP contribution in [0, 0.1) is 0 Å². The van der Waals surface area contributed by atoms with E-state index in [0.29, 0.717) is 37.3 Å². The maximum absolute atomic E-state index is 13.2. The third kappa shape index (κ3) is 3.40. The Kier molecular flexibility index (Phi) is 4.81. The van der Waals surface area contributed by atoms with Crippen molar-refractivity contribution in [3.05, 3.63) is 79.5 Å². The monoisotopic (exact) mass is 470 g/mol. The summed E-state index contributed by atoms with van der Waals surface area (Å²) < 4.78 is 2.75. The van der Waals surface area contributed by atoms with Gasteiger partial charge in [0.1, 0.15) is 0 Å². The number of rotatable bonds is 3. The smallest absolute Gasteiger partial charge is 0.266 e. The van der Waals surface area contributed by atoms with Gasteiger partial charge < -0.3 is 0 Å². The van der Waals surface area contributed by atoms with Gasteiger partial charge >= 0.3 is 0 Å². The van der Waals surface area contributed by atoms with Gasteiger partial charge in [-0.1, -0.05) is 35.0 Å². The number of nitrogens with one attached hydrogen (secondary N) is 1. The Morgan fingerprint density at radius 3 is 2.10 bits per heavy atom. The van der Waals surface area contributed by atoms with Crippen molar-refractivity contribution in [1.29, 1.82) is 0 Å². The minimum atomic E-state index is -0.365. The summed E-state index contributed by atoms with van der Waals surface area (Å²) in [5.41, 5.74) is 0.756. The van der Waals surface area contributed by atoms with Gasteiger partial charge in [0.2, 0.25) is 11.1 Å². The van der Waals surface area contributed by atoms with Crippen molar-refractivity contribution >= 4 is 56.8 Å². The van der Waals surface area contributed by atoms with E-state index in [4.69, 9.17) is 23.2 Å². The average Bonchev–Trinajstić information content (AvgIpc) is 3.22. The summed E-state index contributed by atoms with van der Waals surface area (Å²) >= 11 is 13.5. The number of halogens is 2. The fraction of sp³-hybridized carbons (Fsp3) is 0.0500. The maximum Gasteiger partial charge on any atom is 0.266 e. The third-order valence-electron chi connectivity index (χ3n) is 4.73. The highest BCUT2D eigenvalue weighted by atomic mass is 35.5. The fourth-order valence-corrected chi connectivity index (χ4v) is 4.14. The average molecular weight is 471 g/mol. The molecule has 5 aromatic rings. The first-order chi connectivity index (χ1) is 14.9. The van der Waals surface area contributed by atoms with Crippen molar-refractivity contribution in [2.24, 2.45) is 0 Å². The first kappa shape index (κ1) is 19.8. The van der Waals surface area contributed by atoms with Crippen LogP contribution in [0.2, 0.25) is 10.0 Å². The molecule has 0 spiro atoms. The highest BCUT2D eigenvalue weighted by Crippen LogP contribution is 2.22. The van der Waals surface area contributed by atoms with E-state index in [9.17, 15) is 9.59 Å². The molecule has 0 aliphatic carbocycles. The summed E-state index contributed by atoms with van der Waals surface area (Å²) in [5, 5.41) is 8.68. The van der Waals surface area contributed by atoms with E-state index in [1.165, 1.54) is 20.9 Å². The number of hydrogen-bond donors (Lipinski definition) is 1. The summed E-state index contributed by atoms with van der Waals surface area (Å²) in [6, 6.07) is 9.80. The van der Waals surface area contributed by atoms with Crippen molar-refractivity contribution < 1.29 is 0 Å². The number of pyridine rings is 3. The van der Waals surface area contributed by atoms with E-state index in [2.05, 4.69) is 20.2 Å². The van der Waals surface area contributed by atoms with Gasteiger partial charge in [0.25, 0.3) is 11.1 Å². The number of hydrogen-bond acceptors (Lipinski definition) is 6. The molecule has 0 aliphatic rings. The quantitative estimate of drug-likeness (QED) is 0.317. The molecule has 154 valence electrons. The van der Waals surface area contributed by atoms with Crippen LogP contribution >= 0.6 is 35.0 Å². The Labute approximate surface area is 188 Å². The van der Waals surface area contributed by atoms with Crippen LogP contribution in [-0.4, -0.2) is 35.6 Å². The zero-order valence-corrected chi connectivity index (χ0v) is 18.2. The van der Waals surface area contributed by atoms with Crippen molar-refractivity contribution in [1.82, 2.24) is 29.3 Å². The van der Waals surface area contributed by atoms with Crippen LogP contribution in [0.4, 0.5) is 0 Å². The molecule has 0 atom stereocenters. The van der Waals surface area contributed by atoms with E-state index < -0.39 is 0 Å². The molecular formula is C20H12Cl2N6O2S. The van der Waals surface area contributed by atoms with Crippen LogP contribution in [0.15, 0.2) is 63.5 Å². The molecular weight excluding hydrogens is 459 g/mol. The second-order valence-corrected chi connectivity index (χ2v) is 8.26. The molecule has 0 bridgehead atoms. The van der Waals surface area contributed by atoms with Gasteiger partial charge in [0, 0.05) is 22.4 Å². The van der Waals surface area contributed by atoms with Crippen LogP contribution in [-0.2, 0) is 0 Å². The van der Waals surface area contributed by atoms with Gasteiger partial charge in [0.05, 0.1) is 27.5 Å². The minimum absolute atomic E-state index is 0.287. The van der Waals surface area contributed by atoms with Gasteiger partial charge in [-0.3, -0.25) is 18.7 Å². The molecule has 0 amide bonds. The Bertz CT molecular complexity index is 1590. The largest absolute Gasteiger partial charge is 0.284 e. The fourth-order valence-electron chi connectivity index (χ4n) is 3.31. The summed E-state index contributed by atoms with van der Waals surface area (Å²) in [6.45, 7) is 0. The molecule has 4 heterocycles. The third-order valence-corrected chi connectivity index (χ3v) is 5.72. The van der Waals surface area contributed by atoms with E-state index in [0.717, 1.165) is 0 Å². The predicted octanol–water partition coefficient (Wildman–Crippen LogP) is 3.84. The zero-order valence-electron chi connectivity index (χ0n) is 15.8. The number of aromatic amines is 1. The Hall–Kier alpha value is -3.14. The van der Waals surface area contributed by atoms with Crippen molar-refractivity contribution in [3.8, 4) is 11.6 Å². The molecule has 11 heteroatoms. The van der Waals surface area contributed by atoms with Gasteiger partial charge in [0.15, 0.2) is 0 Å². The molecule has 8 nitrogen and oxygen atoms in total. The Balaban J connectivity index is 1.75. The molecule has 0 unspecified atom stereocenters. The second-order valence-electron chi connectivity index (χ2n) is 6.61. The Morgan fingerprint density at radius 1 is 0.871 bits per heavy atom. The summed E-state index contributed by atoms with van der Waals surface area (Å²) in [4.78, 5) is 35.1. The van der Waals surface area contributed by atoms with Crippen LogP contribution in [0.3, 0.4) is 0 Å². The second kappa shape index (κ2) is 7.52. The van der Waals surface area contributed by atoms with Gasteiger partial charge in [-0.15, -0.1) is 5.10 Å². The van der Waals surface area contributed by atoms with Gasteiger partial charge in [-0.25, -0.2) is 10.1 Å². The van der Waals surface area contributed by atoms with E-state index in [-0.39, 0.29) is 22.5 Å². The van der Waals surface area contributed by atoms with E-state index in [1.807, 2.05) is 6.26 Å². The lowest BCUT2D eigenvalue weighted by atomic mass is 10.2. The number of H-pyrrole nitrogens is 1. The molecule has 0 fully saturated rings. The van der Waals surface area contributed by atoms with Crippen LogP contribution in [0.5, 0.6) is 0 Å². The maximum atomic E-state index is 13.2. The van der Waals surface area contributed by atoms with Gasteiger partial charge in [-0.2, -0.15) is 4.98 Å². The molecule has 5 rings (SSSR count). The normalized spacial score (nSPS) is 11.5. The molecule has 0 saturated heterocycles. The number of nitrogens with zero attached hydrogens (tertiary/aromatic N) is 5. The summed E-state index contributed by atoms with van der Waals surface area (Å²) in [5.74, 6) is 0.287. The lowest BCUT2D eigenvalue weighted by Gasteiger charge is -2.09. The van der Waals surface area contributed by atoms with Gasteiger partial charge in [-0.05, 0) is 42.7 Å². The molecule has 31 heavy (non-hydrogen) atoms. The van der Waals surface area contributed by atoms with E-state index in [1.54, 1.807) is 48.8 Å². The lowest BCUT2D eigenvalue weighted by Crippen LogP contribution is -2.21. The van der Waals surface area contributed by atoms with E-state index >= 15 is 0 Å². The van der Waals surface area contributed by atoms with Crippen LogP contribution in [0.25, 0.3) is 33.4 Å². The predicted molar refractivity (Wildman–Crippen MR) is 122 cm³/mol. The summed E-state index contributed by atoms with van der Waals surface area (Å²) in [7, 11) is 0. The first-order valence-electron chi connectivity index (χ1n) is 8.95. The van der Waals surface area contributed by atoms with Crippen molar-refractivity contribution in [2.45, 2.75) is 5.16 Å². The number of fused-ring (bicyclic) bond motifs is 2. The lowest BCUT2D eigenvalue weighted by molar-refractivity contribution is 0.901. The molecule has 1 N–H and O–H groups in total. The minimum Gasteiger partial charge on any atom is -0.284 e.